The fourth-order valence-electron chi connectivity index (χ4n) is 4.51. The monoisotopic (exact) mass is 492 g/mol. The van der Waals surface area contributed by atoms with Gasteiger partial charge in [0.1, 0.15) is 5.58 Å². The molecule has 0 saturated carbocycles. The molecule has 0 N–H and O–H groups in total. The van der Waals surface area contributed by atoms with Gasteiger partial charge in [0.2, 0.25) is 5.82 Å². The van der Waals surface area contributed by atoms with E-state index in [9.17, 15) is 4.79 Å². The Morgan fingerprint density at radius 3 is 2.50 bits per heavy atom. The number of para-hydroxylation sites is 2. The van der Waals surface area contributed by atoms with E-state index in [1.807, 2.05) is 92.7 Å². The first kappa shape index (κ1) is 22.1. The first-order valence-corrected chi connectivity index (χ1v) is 11.9. The van der Waals surface area contributed by atoms with Crippen LogP contribution in [0.4, 0.5) is 0 Å². The number of halogens is 1. The van der Waals surface area contributed by atoms with Gasteiger partial charge >= 0.3 is 0 Å². The first-order valence-electron chi connectivity index (χ1n) is 11.5. The Morgan fingerprint density at radius 2 is 1.69 bits per heavy atom. The summed E-state index contributed by atoms with van der Waals surface area (Å²) in [6.45, 7) is 4.05. The summed E-state index contributed by atoms with van der Waals surface area (Å²) in [5, 5.41) is 6.72. The van der Waals surface area contributed by atoms with Crippen LogP contribution in [0.5, 0.6) is 0 Å². The third-order valence-electron chi connectivity index (χ3n) is 6.27. The number of nitrogens with zero attached hydrogens (tertiary/aromatic N) is 4. The van der Waals surface area contributed by atoms with Gasteiger partial charge in [0, 0.05) is 33.0 Å². The molecule has 0 aliphatic carbocycles. The number of aryl methyl sites for hydroxylation is 1. The highest BCUT2D eigenvalue weighted by Crippen LogP contribution is 2.27. The van der Waals surface area contributed by atoms with Crippen LogP contribution in [0, 0.1) is 13.8 Å². The zero-order valence-electron chi connectivity index (χ0n) is 19.6. The molecule has 176 valence electrons. The number of furan rings is 1. The molecule has 36 heavy (non-hydrogen) atoms. The van der Waals surface area contributed by atoms with Crippen molar-refractivity contribution in [3.8, 4) is 17.3 Å². The summed E-state index contributed by atoms with van der Waals surface area (Å²) in [7, 11) is 0. The summed E-state index contributed by atoms with van der Waals surface area (Å²) in [5.74, 6) is 0.820. The summed E-state index contributed by atoms with van der Waals surface area (Å²) in [5.41, 5.74) is 4.96. The molecule has 0 atom stereocenters. The number of fused-ring (bicyclic) bond motifs is 2. The fourth-order valence-corrected chi connectivity index (χ4v) is 4.63. The second-order valence-electron chi connectivity index (χ2n) is 8.60. The predicted octanol–water partition coefficient (Wildman–Crippen LogP) is 6.75. The van der Waals surface area contributed by atoms with Crippen molar-refractivity contribution in [3.05, 3.63) is 117 Å². The van der Waals surface area contributed by atoms with Crippen molar-refractivity contribution in [1.82, 2.24) is 14.2 Å². The number of rotatable bonds is 4. The Balaban J connectivity index is 1.51. The lowest BCUT2D eigenvalue weighted by Gasteiger charge is -2.09. The molecule has 6 rings (SSSR count). The van der Waals surface area contributed by atoms with Crippen LogP contribution in [-0.2, 0) is 0 Å². The molecular formula is C29H21ClN4O2. The van der Waals surface area contributed by atoms with Gasteiger partial charge in [0.05, 0.1) is 17.1 Å². The molecule has 0 aliphatic heterocycles. The van der Waals surface area contributed by atoms with E-state index in [4.69, 9.17) is 21.0 Å². The van der Waals surface area contributed by atoms with Crippen LogP contribution in [0.1, 0.15) is 17.0 Å². The molecule has 6 nitrogen and oxygen atoms in total. The van der Waals surface area contributed by atoms with Crippen LogP contribution in [0.2, 0.25) is 5.02 Å². The Hall–Kier alpha value is -4.42. The van der Waals surface area contributed by atoms with Gasteiger partial charge in [-0.25, -0.2) is 4.98 Å². The van der Waals surface area contributed by atoms with Crippen LogP contribution < -0.4 is 5.56 Å². The third-order valence-corrected chi connectivity index (χ3v) is 6.52. The first-order chi connectivity index (χ1) is 17.5. The minimum Gasteiger partial charge on any atom is -0.453 e. The lowest BCUT2D eigenvalue weighted by atomic mass is 10.2. The van der Waals surface area contributed by atoms with E-state index in [-0.39, 0.29) is 5.56 Å². The number of hydrogen-bond donors (Lipinski definition) is 0. The van der Waals surface area contributed by atoms with Crippen molar-refractivity contribution in [3.63, 3.8) is 0 Å². The van der Waals surface area contributed by atoms with Gasteiger partial charge in [-0.05, 0) is 68.4 Å². The summed E-state index contributed by atoms with van der Waals surface area (Å²) in [6.07, 6.45) is 1.69. The highest BCUT2D eigenvalue weighted by atomic mass is 35.5. The van der Waals surface area contributed by atoms with Gasteiger partial charge in [0.15, 0.2) is 5.76 Å². The van der Waals surface area contributed by atoms with E-state index in [2.05, 4.69) is 9.67 Å². The minimum absolute atomic E-state index is 0.265. The maximum Gasteiger partial charge on any atom is 0.282 e. The van der Waals surface area contributed by atoms with Crippen LogP contribution in [0.3, 0.4) is 0 Å². The van der Waals surface area contributed by atoms with E-state index < -0.39 is 0 Å². The van der Waals surface area contributed by atoms with Crippen LogP contribution in [-0.4, -0.2) is 20.4 Å². The standard InChI is InChI=1S/C29H21ClN4O2/c1-18-15-21(19(2)33(18)23-13-11-22(30)12-14-23)17-31-34-28(27-16-20-7-3-6-10-26(20)36-27)32-25-9-5-4-8-24(25)29(34)35/h3-17H,1-2H3. The van der Waals surface area contributed by atoms with E-state index in [0.29, 0.717) is 27.5 Å². The van der Waals surface area contributed by atoms with E-state index in [0.717, 1.165) is 33.6 Å². The van der Waals surface area contributed by atoms with Crippen molar-refractivity contribution >= 4 is 39.7 Å². The molecule has 0 radical (unpaired) electrons. The molecule has 3 heterocycles. The van der Waals surface area contributed by atoms with Crippen molar-refractivity contribution in [1.29, 1.82) is 0 Å². The molecule has 0 amide bonds. The van der Waals surface area contributed by atoms with Gasteiger partial charge in [-0.15, -0.1) is 0 Å². The Kier molecular flexibility index (Phi) is 5.31. The summed E-state index contributed by atoms with van der Waals surface area (Å²) < 4.78 is 9.49. The largest absolute Gasteiger partial charge is 0.453 e. The minimum atomic E-state index is -0.265. The molecule has 0 unspecified atom stereocenters. The fraction of sp³-hybridized carbons (Fsp3) is 0.0690. The van der Waals surface area contributed by atoms with Crippen molar-refractivity contribution in [2.75, 3.05) is 0 Å². The van der Waals surface area contributed by atoms with E-state index in [1.54, 1.807) is 12.3 Å². The maximum absolute atomic E-state index is 13.5. The van der Waals surface area contributed by atoms with Crippen molar-refractivity contribution in [2.45, 2.75) is 13.8 Å². The number of hydrogen-bond acceptors (Lipinski definition) is 4. The lowest BCUT2D eigenvalue weighted by Crippen LogP contribution is -2.20. The van der Waals surface area contributed by atoms with Gasteiger partial charge in [-0.2, -0.15) is 9.78 Å². The molecule has 0 fully saturated rings. The number of benzene rings is 3. The maximum atomic E-state index is 13.5. The number of aromatic nitrogens is 3. The highest BCUT2D eigenvalue weighted by Gasteiger charge is 2.17. The van der Waals surface area contributed by atoms with Gasteiger partial charge in [0.25, 0.3) is 5.56 Å². The smallest absolute Gasteiger partial charge is 0.282 e. The molecular weight excluding hydrogens is 472 g/mol. The molecule has 0 aliphatic rings. The predicted molar refractivity (Wildman–Crippen MR) is 144 cm³/mol. The normalized spacial score (nSPS) is 11.8. The molecule has 3 aromatic heterocycles. The van der Waals surface area contributed by atoms with Crippen LogP contribution >= 0.6 is 11.6 Å². The topological polar surface area (TPSA) is 65.3 Å². The van der Waals surface area contributed by atoms with Crippen LogP contribution in [0.25, 0.3) is 39.1 Å². The average molecular weight is 493 g/mol. The van der Waals surface area contributed by atoms with E-state index in [1.165, 1.54) is 4.68 Å². The van der Waals surface area contributed by atoms with Gasteiger partial charge in [-0.1, -0.05) is 41.9 Å². The second-order valence-corrected chi connectivity index (χ2v) is 9.04. The SMILES string of the molecule is Cc1cc(C=Nn2c(-c3cc4ccccc4o3)nc3ccccc3c2=O)c(C)n1-c1ccc(Cl)cc1. The summed E-state index contributed by atoms with van der Waals surface area (Å²) in [6, 6.07) is 26.5. The zero-order valence-corrected chi connectivity index (χ0v) is 20.4. The zero-order chi connectivity index (χ0) is 24.8. The molecule has 0 saturated heterocycles. The molecule has 7 heteroatoms. The Labute approximate surface area is 211 Å². The molecule has 0 bridgehead atoms. The lowest BCUT2D eigenvalue weighted by molar-refractivity contribution is 0.616. The van der Waals surface area contributed by atoms with Crippen molar-refractivity contribution in [2.24, 2.45) is 5.10 Å². The Bertz CT molecular complexity index is 1810. The Morgan fingerprint density at radius 1 is 0.944 bits per heavy atom. The molecule has 3 aromatic carbocycles. The van der Waals surface area contributed by atoms with Crippen LogP contribution in [0.15, 0.2) is 99.2 Å². The highest BCUT2D eigenvalue weighted by molar-refractivity contribution is 6.30. The second kappa shape index (κ2) is 8.66. The van der Waals surface area contributed by atoms with Gasteiger partial charge < -0.3 is 8.98 Å². The van der Waals surface area contributed by atoms with E-state index >= 15 is 0 Å². The average Bonchev–Trinajstić information content (AvgIpc) is 3.44. The summed E-state index contributed by atoms with van der Waals surface area (Å²) in [4.78, 5) is 18.3. The molecule has 0 spiro atoms. The quantitative estimate of drug-likeness (QED) is 0.255. The van der Waals surface area contributed by atoms with Crippen molar-refractivity contribution < 1.29 is 4.42 Å². The molecule has 6 aromatic rings. The third kappa shape index (κ3) is 3.72. The van der Waals surface area contributed by atoms with Gasteiger partial charge in [-0.3, -0.25) is 4.79 Å². The summed E-state index contributed by atoms with van der Waals surface area (Å²) >= 11 is 6.07.